The molecule has 2 fully saturated rings. The first-order valence-corrected chi connectivity index (χ1v) is 5.41. The molecular formula is C11H15FNO4Y-. The van der Waals surface area contributed by atoms with Crippen LogP contribution in [0.3, 0.4) is 0 Å². The summed E-state index contributed by atoms with van der Waals surface area (Å²) in [5.74, 6) is -2.84. The third kappa shape index (κ3) is 1.84. The van der Waals surface area contributed by atoms with Gasteiger partial charge in [0.1, 0.15) is 5.67 Å². The molecule has 0 aromatic heterocycles. The van der Waals surface area contributed by atoms with E-state index >= 15 is 0 Å². The van der Waals surface area contributed by atoms with Crippen molar-refractivity contribution in [3.63, 3.8) is 0 Å². The van der Waals surface area contributed by atoms with Gasteiger partial charge in [-0.15, -0.1) is 0 Å². The summed E-state index contributed by atoms with van der Waals surface area (Å²) >= 11 is 0. The second kappa shape index (κ2) is 4.80. The van der Waals surface area contributed by atoms with Crippen LogP contribution in [-0.4, -0.2) is 37.4 Å². The molecule has 0 heterocycles. The van der Waals surface area contributed by atoms with E-state index < -0.39 is 35.0 Å². The number of halogens is 1. The number of alkyl halides is 1. The Balaban J connectivity index is 0.00000162. The fourth-order valence-electron chi connectivity index (χ4n) is 3.14. The third-order valence-corrected chi connectivity index (χ3v) is 4.09. The molecule has 5 unspecified atom stereocenters. The van der Waals surface area contributed by atoms with Crippen molar-refractivity contribution in [3.05, 3.63) is 5.73 Å². The number of ether oxygens (including phenoxy) is 2. The maximum atomic E-state index is 14.3. The molecule has 2 aliphatic rings. The van der Waals surface area contributed by atoms with Gasteiger partial charge in [0.25, 0.3) is 5.97 Å². The van der Waals surface area contributed by atoms with Crippen LogP contribution in [0.4, 0.5) is 4.39 Å². The summed E-state index contributed by atoms with van der Waals surface area (Å²) in [5.41, 5.74) is 4.13. The SMILES string of the molecule is COC(=O)C1C2CC(C)(F)C([NH-])(C(=O)OC)C21.[Y]. The number of hydrogen-bond acceptors (Lipinski definition) is 4. The molecule has 0 saturated heterocycles. The van der Waals surface area contributed by atoms with Crippen molar-refractivity contribution in [2.24, 2.45) is 17.8 Å². The molecule has 99 valence electrons. The number of methoxy groups -OCH3 is 2. The average molecular weight is 333 g/mol. The molecule has 18 heavy (non-hydrogen) atoms. The maximum absolute atomic E-state index is 14.3. The summed E-state index contributed by atoms with van der Waals surface area (Å²) in [7, 11) is 2.37. The molecule has 2 aliphatic carbocycles. The number of esters is 2. The molecular weight excluding hydrogens is 318 g/mol. The Labute approximate surface area is 130 Å². The topological polar surface area (TPSA) is 76.4 Å². The summed E-state index contributed by atoms with van der Waals surface area (Å²) in [4.78, 5) is 23.1. The van der Waals surface area contributed by atoms with E-state index in [9.17, 15) is 14.0 Å². The second-order valence-corrected chi connectivity index (χ2v) is 4.94. The van der Waals surface area contributed by atoms with Crippen LogP contribution in [0.15, 0.2) is 0 Å². The van der Waals surface area contributed by atoms with Crippen molar-refractivity contribution >= 4 is 11.9 Å². The van der Waals surface area contributed by atoms with Crippen LogP contribution in [0.2, 0.25) is 0 Å². The maximum Gasteiger partial charge on any atom is 0.309 e. The molecule has 1 N–H and O–H groups in total. The van der Waals surface area contributed by atoms with Gasteiger partial charge in [0.05, 0.1) is 20.1 Å². The average Bonchev–Trinajstić information content (AvgIpc) is 2.93. The fourth-order valence-corrected chi connectivity index (χ4v) is 3.14. The van der Waals surface area contributed by atoms with E-state index in [1.807, 2.05) is 0 Å². The molecule has 0 spiro atoms. The first kappa shape index (κ1) is 16.0. The Morgan fingerprint density at radius 2 is 1.89 bits per heavy atom. The molecule has 5 atom stereocenters. The molecule has 0 bridgehead atoms. The molecule has 1 radical (unpaired) electrons. The Morgan fingerprint density at radius 3 is 2.33 bits per heavy atom. The van der Waals surface area contributed by atoms with Gasteiger partial charge in [-0.25, -0.2) is 4.39 Å². The van der Waals surface area contributed by atoms with Crippen molar-refractivity contribution in [3.8, 4) is 0 Å². The van der Waals surface area contributed by atoms with Crippen LogP contribution in [-0.2, 0) is 51.8 Å². The van der Waals surface area contributed by atoms with E-state index in [0.717, 1.165) is 7.11 Å². The smallest absolute Gasteiger partial charge is 0.309 e. The van der Waals surface area contributed by atoms with Gasteiger partial charge in [0.15, 0.2) is 0 Å². The van der Waals surface area contributed by atoms with Crippen LogP contribution in [0.5, 0.6) is 0 Å². The molecule has 0 amide bonds. The molecule has 0 aromatic carbocycles. The Hall–Kier alpha value is -0.0661. The van der Waals surface area contributed by atoms with E-state index in [4.69, 9.17) is 5.73 Å². The molecule has 7 heteroatoms. The van der Waals surface area contributed by atoms with Crippen LogP contribution >= 0.6 is 0 Å². The van der Waals surface area contributed by atoms with E-state index in [-0.39, 0.29) is 45.0 Å². The number of carbonyl (C=O) groups excluding carboxylic acids is 2. The van der Waals surface area contributed by atoms with Gasteiger partial charge >= 0.3 is 5.97 Å². The number of fused-ring (bicyclic) bond motifs is 1. The standard InChI is InChI=1S/C11H15FNO4.Y/c1-10(12)4-5-6(8(14)16-2)7(5)11(10,13)9(15)17-3;/h5-7,13H,4H2,1-3H3;/q-1;. The van der Waals surface area contributed by atoms with Gasteiger partial charge < -0.3 is 15.2 Å². The number of rotatable bonds is 2. The van der Waals surface area contributed by atoms with Gasteiger partial charge in [-0.1, -0.05) is 0 Å². The Kier molecular flexibility index (Phi) is 4.26. The van der Waals surface area contributed by atoms with Gasteiger partial charge in [0, 0.05) is 38.2 Å². The fraction of sp³-hybridized carbons (Fsp3) is 0.818. The zero-order valence-electron chi connectivity index (χ0n) is 10.5. The van der Waals surface area contributed by atoms with Gasteiger partial charge in [0.2, 0.25) is 0 Å². The van der Waals surface area contributed by atoms with E-state index in [2.05, 4.69) is 9.47 Å². The predicted octanol–water partition coefficient (Wildman–Crippen LogP) is 1.11. The molecule has 2 saturated carbocycles. The van der Waals surface area contributed by atoms with E-state index in [1.54, 1.807) is 0 Å². The van der Waals surface area contributed by atoms with Gasteiger partial charge in [-0.2, -0.15) is 0 Å². The molecule has 5 nitrogen and oxygen atoms in total. The first-order valence-electron chi connectivity index (χ1n) is 5.41. The van der Waals surface area contributed by atoms with Crippen LogP contribution in [0, 0.1) is 17.8 Å². The van der Waals surface area contributed by atoms with E-state index in [0.29, 0.717) is 0 Å². The van der Waals surface area contributed by atoms with E-state index in [1.165, 1.54) is 14.0 Å². The van der Waals surface area contributed by atoms with Crippen molar-refractivity contribution < 1.29 is 56.2 Å². The minimum absolute atomic E-state index is 0. The first-order chi connectivity index (χ1) is 7.81. The second-order valence-electron chi connectivity index (χ2n) is 4.94. The van der Waals surface area contributed by atoms with Crippen molar-refractivity contribution in [1.82, 2.24) is 0 Å². The van der Waals surface area contributed by atoms with Crippen LogP contribution < -0.4 is 0 Å². The van der Waals surface area contributed by atoms with Crippen LogP contribution in [0.25, 0.3) is 5.73 Å². The summed E-state index contributed by atoms with van der Waals surface area (Å²) in [6.07, 6.45) is 0.0238. The summed E-state index contributed by atoms with van der Waals surface area (Å²) in [6.45, 7) is 1.22. The Bertz CT molecular complexity index is 389. The minimum Gasteiger partial charge on any atom is -0.660 e. The molecule has 0 aliphatic heterocycles. The molecule has 0 aromatic rings. The largest absolute Gasteiger partial charge is 0.660 e. The Morgan fingerprint density at radius 1 is 1.33 bits per heavy atom. The zero-order chi connectivity index (χ0) is 13.0. The third-order valence-electron chi connectivity index (χ3n) is 4.09. The van der Waals surface area contributed by atoms with Gasteiger partial charge in [-0.3, -0.25) is 9.59 Å². The van der Waals surface area contributed by atoms with Crippen molar-refractivity contribution in [2.75, 3.05) is 14.2 Å². The van der Waals surface area contributed by atoms with Crippen LogP contribution in [0.1, 0.15) is 13.3 Å². The zero-order valence-corrected chi connectivity index (χ0v) is 13.4. The summed E-state index contributed by atoms with van der Waals surface area (Å²) in [6, 6.07) is 0. The van der Waals surface area contributed by atoms with Crippen molar-refractivity contribution in [2.45, 2.75) is 24.6 Å². The normalized spacial score (nSPS) is 44.6. The number of hydrogen-bond donors (Lipinski definition) is 0. The van der Waals surface area contributed by atoms with Crippen molar-refractivity contribution in [1.29, 1.82) is 0 Å². The number of carbonyl (C=O) groups is 2. The summed E-state index contributed by atoms with van der Waals surface area (Å²) in [5, 5.41) is 0. The summed E-state index contributed by atoms with van der Waals surface area (Å²) < 4.78 is 23.4. The number of nitrogens with one attached hydrogen (secondary N) is 1. The monoisotopic (exact) mass is 333 g/mol. The predicted molar refractivity (Wildman–Crippen MR) is 55.7 cm³/mol. The minimum atomic E-state index is -1.99. The quantitative estimate of drug-likeness (QED) is 0.710. The van der Waals surface area contributed by atoms with Gasteiger partial charge in [-0.05, 0) is 25.2 Å². The molecule has 2 rings (SSSR count).